The van der Waals surface area contributed by atoms with Gasteiger partial charge in [0.15, 0.2) is 0 Å². The van der Waals surface area contributed by atoms with Crippen molar-refractivity contribution in [3.63, 3.8) is 0 Å². The van der Waals surface area contributed by atoms with Gasteiger partial charge in [-0.05, 0) is 38.6 Å². The highest BCUT2D eigenvalue weighted by Crippen LogP contribution is 2.28. The summed E-state index contributed by atoms with van der Waals surface area (Å²) >= 11 is 0. The highest BCUT2D eigenvalue weighted by Gasteiger charge is 2.37. The molecule has 1 aliphatic carbocycles. The molecule has 0 radical (unpaired) electrons. The van der Waals surface area contributed by atoms with E-state index in [1.807, 2.05) is 11.9 Å². The van der Waals surface area contributed by atoms with Crippen molar-refractivity contribution < 1.29 is 4.79 Å². The van der Waals surface area contributed by atoms with Gasteiger partial charge in [0.2, 0.25) is 5.91 Å². The lowest BCUT2D eigenvalue weighted by Crippen LogP contribution is -2.45. The first kappa shape index (κ1) is 11.5. The second-order valence-corrected chi connectivity index (χ2v) is 5.76. The molecule has 0 aromatic rings. The van der Waals surface area contributed by atoms with Crippen LogP contribution >= 0.6 is 0 Å². The maximum atomic E-state index is 11.9. The van der Waals surface area contributed by atoms with Crippen LogP contribution < -0.4 is 5.32 Å². The van der Waals surface area contributed by atoms with Gasteiger partial charge in [-0.1, -0.05) is 0 Å². The number of hydrogen-bond acceptors (Lipinski definition) is 3. The minimum absolute atomic E-state index is 0.268. The molecule has 2 aliphatic heterocycles. The Hall–Kier alpha value is -0.610. The van der Waals surface area contributed by atoms with E-state index in [2.05, 4.69) is 10.2 Å². The van der Waals surface area contributed by atoms with Gasteiger partial charge in [0.1, 0.15) is 0 Å². The van der Waals surface area contributed by atoms with Crippen LogP contribution in [-0.4, -0.2) is 60.5 Å². The zero-order valence-electron chi connectivity index (χ0n) is 10.7. The summed E-state index contributed by atoms with van der Waals surface area (Å²) in [6, 6.07) is 1.79. The second-order valence-electron chi connectivity index (χ2n) is 5.76. The summed E-state index contributed by atoms with van der Waals surface area (Å²) in [6.45, 7) is 3.01. The lowest BCUT2D eigenvalue weighted by atomic mass is 10.1. The van der Waals surface area contributed by atoms with Gasteiger partial charge in [0.25, 0.3) is 0 Å². The Bertz CT molecular complexity index is 303. The Morgan fingerprint density at radius 3 is 2.88 bits per heavy atom. The van der Waals surface area contributed by atoms with Crippen molar-refractivity contribution in [2.75, 3.05) is 26.7 Å². The molecule has 3 fully saturated rings. The van der Waals surface area contributed by atoms with Crippen molar-refractivity contribution in [2.24, 2.45) is 0 Å². The maximum Gasteiger partial charge on any atom is 0.236 e. The quantitative estimate of drug-likeness (QED) is 0.770. The lowest BCUT2D eigenvalue weighted by molar-refractivity contribution is -0.129. The van der Waals surface area contributed by atoms with E-state index in [1.54, 1.807) is 0 Å². The third-order valence-corrected chi connectivity index (χ3v) is 4.61. The molecule has 4 heteroatoms. The van der Waals surface area contributed by atoms with E-state index in [1.165, 1.54) is 45.2 Å². The lowest BCUT2D eigenvalue weighted by Gasteiger charge is -2.23. The normalized spacial score (nSPS) is 32.8. The van der Waals surface area contributed by atoms with Crippen molar-refractivity contribution in [3.05, 3.63) is 0 Å². The molecule has 2 heterocycles. The van der Waals surface area contributed by atoms with E-state index < -0.39 is 0 Å². The molecule has 2 atom stereocenters. The molecule has 3 aliphatic rings. The van der Waals surface area contributed by atoms with E-state index in [9.17, 15) is 4.79 Å². The summed E-state index contributed by atoms with van der Waals surface area (Å²) < 4.78 is 0. The summed E-state index contributed by atoms with van der Waals surface area (Å²) in [5.74, 6) is 0.268. The maximum absolute atomic E-state index is 11.9. The molecule has 1 N–H and O–H groups in total. The zero-order chi connectivity index (χ0) is 11.8. The summed E-state index contributed by atoms with van der Waals surface area (Å²) in [5, 5.41) is 3.48. The van der Waals surface area contributed by atoms with Crippen molar-refractivity contribution in [1.82, 2.24) is 15.1 Å². The van der Waals surface area contributed by atoms with Crippen molar-refractivity contribution >= 4 is 5.91 Å². The standard InChI is InChI=1S/C13H23N3O/c1-15(10-4-5-10)13(17)9-14-11-6-8-16-7-2-3-12(11)16/h10-12,14H,2-9H2,1H3. The number of carbonyl (C=O) groups excluding carboxylic acids is 1. The van der Waals surface area contributed by atoms with Crippen LogP contribution in [0.3, 0.4) is 0 Å². The predicted molar refractivity (Wildman–Crippen MR) is 66.8 cm³/mol. The van der Waals surface area contributed by atoms with Gasteiger partial charge in [-0.15, -0.1) is 0 Å². The van der Waals surface area contributed by atoms with E-state index in [-0.39, 0.29) is 5.91 Å². The van der Waals surface area contributed by atoms with Gasteiger partial charge >= 0.3 is 0 Å². The Kier molecular flexibility index (Phi) is 3.09. The Balaban J connectivity index is 1.46. The van der Waals surface area contributed by atoms with Gasteiger partial charge in [-0.3, -0.25) is 9.69 Å². The first-order valence-electron chi connectivity index (χ1n) is 6.99. The SMILES string of the molecule is CN(C(=O)CNC1CCN2CCCC12)C1CC1. The number of hydrogen-bond donors (Lipinski definition) is 1. The number of fused-ring (bicyclic) bond motifs is 1. The number of rotatable bonds is 4. The summed E-state index contributed by atoms with van der Waals surface area (Å²) in [5.41, 5.74) is 0. The van der Waals surface area contributed by atoms with Gasteiger partial charge in [0, 0.05) is 31.7 Å². The molecule has 3 rings (SSSR count). The molecule has 17 heavy (non-hydrogen) atoms. The summed E-state index contributed by atoms with van der Waals surface area (Å²) in [4.78, 5) is 16.4. The smallest absolute Gasteiger partial charge is 0.236 e. The third-order valence-electron chi connectivity index (χ3n) is 4.61. The van der Waals surface area contributed by atoms with Gasteiger partial charge < -0.3 is 10.2 Å². The Morgan fingerprint density at radius 1 is 1.29 bits per heavy atom. The molecule has 0 bridgehead atoms. The summed E-state index contributed by atoms with van der Waals surface area (Å²) in [6.07, 6.45) is 6.25. The molecule has 4 nitrogen and oxygen atoms in total. The van der Waals surface area contributed by atoms with Gasteiger partial charge in [0.05, 0.1) is 6.54 Å². The van der Waals surface area contributed by atoms with Crippen LogP contribution in [0.5, 0.6) is 0 Å². The van der Waals surface area contributed by atoms with Crippen molar-refractivity contribution in [1.29, 1.82) is 0 Å². The molecule has 2 unspecified atom stereocenters. The van der Waals surface area contributed by atoms with Crippen LogP contribution in [0.25, 0.3) is 0 Å². The molecular weight excluding hydrogens is 214 g/mol. The Morgan fingerprint density at radius 2 is 2.12 bits per heavy atom. The van der Waals surface area contributed by atoms with E-state index >= 15 is 0 Å². The molecule has 1 amide bonds. The average molecular weight is 237 g/mol. The molecule has 0 aromatic carbocycles. The topological polar surface area (TPSA) is 35.6 Å². The van der Waals surface area contributed by atoms with Crippen molar-refractivity contribution in [2.45, 2.75) is 50.2 Å². The monoisotopic (exact) mass is 237 g/mol. The molecule has 0 spiro atoms. The van der Waals surface area contributed by atoms with Crippen LogP contribution in [0.4, 0.5) is 0 Å². The number of amides is 1. The molecular formula is C13H23N3O. The predicted octanol–water partition coefficient (Wildman–Crippen LogP) is 0.434. The fraction of sp³-hybridized carbons (Fsp3) is 0.923. The highest BCUT2D eigenvalue weighted by molar-refractivity contribution is 5.78. The number of nitrogens with one attached hydrogen (secondary N) is 1. The van der Waals surface area contributed by atoms with Crippen LogP contribution in [0.15, 0.2) is 0 Å². The molecule has 2 saturated heterocycles. The molecule has 1 saturated carbocycles. The summed E-state index contributed by atoms with van der Waals surface area (Å²) in [7, 11) is 1.94. The van der Waals surface area contributed by atoms with E-state index in [4.69, 9.17) is 0 Å². The van der Waals surface area contributed by atoms with Crippen LogP contribution in [0, 0.1) is 0 Å². The third kappa shape index (κ3) is 2.33. The second kappa shape index (κ2) is 4.58. The fourth-order valence-corrected chi connectivity index (χ4v) is 3.33. The zero-order valence-corrected chi connectivity index (χ0v) is 10.7. The van der Waals surface area contributed by atoms with Crippen LogP contribution in [0.1, 0.15) is 32.1 Å². The van der Waals surface area contributed by atoms with Gasteiger partial charge in [-0.25, -0.2) is 0 Å². The first-order valence-corrected chi connectivity index (χ1v) is 6.99. The average Bonchev–Trinajstić information content (AvgIpc) is 2.94. The van der Waals surface area contributed by atoms with Gasteiger partial charge in [-0.2, -0.15) is 0 Å². The Labute approximate surface area is 103 Å². The van der Waals surface area contributed by atoms with Crippen LogP contribution in [0.2, 0.25) is 0 Å². The number of carbonyl (C=O) groups is 1. The minimum Gasteiger partial charge on any atom is -0.342 e. The first-order chi connectivity index (χ1) is 8.25. The number of nitrogens with zero attached hydrogens (tertiary/aromatic N) is 2. The highest BCUT2D eigenvalue weighted by atomic mass is 16.2. The fourth-order valence-electron chi connectivity index (χ4n) is 3.33. The van der Waals surface area contributed by atoms with E-state index in [0.29, 0.717) is 24.7 Å². The number of likely N-dealkylation sites (N-methyl/N-ethyl adjacent to an activating group) is 1. The molecule has 96 valence electrons. The largest absolute Gasteiger partial charge is 0.342 e. The molecule has 0 aromatic heterocycles. The van der Waals surface area contributed by atoms with E-state index in [0.717, 1.165) is 0 Å². The minimum atomic E-state index is 0.268. The van der Waals surface area contributed by atoms with Crippen LogP contribution in [-0.2, 0) is 4.79 Å². The van der Waals surface area contributed by atoms with Crippen molar-refractivity contribution in [3.8, 4) is 0 Å².